The maximum atomic E-state index is 12.6. The van der Waals surface area contributed by atoms with Crippen LogP contribution in [0.1, 0.15) is 25.7 Å². The first-order valence-electron chi connectivity index (χ1n) is 7.57. The monoisotopic (exact) mass is 268 g/mol. The zero-order chi connectivity index (χ0) is 13.1. The van der Waals surface area contributed by atoms with E-state index in [1.807, 2.05) is 0 Å². The molecule has 0 aromatic rings. The van der Waals surface area contributed by atoms with E-state index in [0.29, 0.717) is 31.8 Å². The molecule has 1 amide bonds. The molecule has 0 saturated carbocycles. The summed E-state index contributed by atoms with van der Waals surface area (Å²) in [4.78, 5) is 14.6. The second-order valence-electron chi connectivity index (χ2n) is 5.76. The van der Waals surface area contributed by atoms with Crippen molar-refractivity contribution >= 4 is 5.91 Å². The first kappa shape index (κ1) is 13.3. The van der Waals surface area contributed by atoms with Gasteiger partial charge in [-0.05, 0) is 44.7 Å². The standard InChI is InChI=1S/C14H24N2O3/c17-14(13-10-18-8-9-19-13)16-7-1-2-12(16)11-3-5-15-6-4-11/h11-13,15H,1-10H2. The molecular weight excluding hydrogens is 244 g/mol. The van der Waals surface area contributed by atoms with Crippen LogP contribution in [0.5, 0.6) is 0 Å². The predicted octanol–water partition coefficient (Wildman–Crippen LogP) is 0.392. The van der Waals surface area contributed by atoms with Crippen LogP contribution >= 0.6 is 0 Å². The number of likely N-dealkylation sites (tertiary alicyclic amines) is 1. The molecule has 5 nitrogen and oxygen atoms in total. The average molecular weight is 268 g/mol. The largest absolute Gasteiger partial charge is 0.376 e. The highest BCUT2D eigenvalue weighted by Gasteiger charge is 2.38. The number of hydrogen-bond donors (Lipinski definition) is 1. The van der Waals surface area contributed by atoms with Crippen molar-refractivity contribution < 1.29 is 14.3 Å². The van der Waals surface area contributed by atoms with Crippen LogP contribution in [0.2, 0.25) is 0 Å². The summed E-state index contributed by atoms with van der Waals surface area (Å²) in [5, 5.41) is 3.40. The van der Waals surface area contributed by atoms with Crippen LogP contribution in [0.4, 0.5) is 0 Å². The lowest BCUT2D eigenvalue weighted by Gasteiger charge is -2.36. The van der Waals surface area contributed by atoms with Gasteiger partial charge >= 0.3 is 0 Å². The summed E-state index contributed by atoms with van der Waals surface area (Å²) in [5.41, 5.74) is 0. The molecule has 0 bridgehead atoms. The summed E-state index contributed by atoms with van der Waals surface area (Å²) < 4.78 is 10.9. The Bertz CT molecular complexity index is 312. The molecule has 3 rings (SSSR count). The highest BCUT2D eigenvalue weighted by Crippen LogP contribution is 2.30. The van der Waals surface area contributed by atoms with Gasteiger partial charge < -0.3 is 19.7 Å². The first-order valence-corrected chi connectivity index (χ1v) is 7.57. The topological polar surface area (TPSA) is 50.8 Å². The van der Waals surface area contributed by atoms with Crippen molar-refractivity contribution in [3.63, 3.8) is 0 Å². The summed E-state index contributed by atoms with van der Waals surface area (Å²) in [6.07, 6.45) is 4.31. The van der Waals surface area contributed by atoms with Gasteiger partial charge in [-0.15, -0.1) is 0 Å². The van der Waals surface area contributed by atoms with Crippen molar-refractivity contribution in [3.8, 4) is 0 Å². The Kier molecular flexibility index (Phi) is 4.35. The lowest BCUT2D eigenvalue weighted by atomic mass is 9.88. The van der Waals surface area contributed by atoms with Gasteiger partial charge in [-0.1, -0.05) is 0 Å². The third-order valence-corrected chi connectivity index (χ3v) is 4.60. The zero-order valence-corrected chi connectivity index (χ0v) is 11.5. The van der Waals surface area contributed by atoms with Gasteiger partial charge in [0.1, 0.15) is 0 Å². The van der Waals surface area contributed by atoms with Crippen LogP contribution in [-0.2, 0) is 14.3 Å². The quantitative estimate of drug-likeness (QED) is 0.787. The van der Waals surface area contributed by atoms with Gasteiger partial charge in [0.2, 0.25) is 0 Å². The smallest absolute Gasteiger partial charge is 0.254 e. The lowest BCUT2D eigenvalue weighted by molar-refractivity contribution is -0.159. The molecule has 3 aliphatic heterocycles. The van der Waals surface area contributed by atoms with E-state index < -0.39 is 0 Å². The second kappa shape index (κ2) is 6.20. The van der Waals surface area contributed by atoms with Crippen LogP contribution in [0.15, 0.2) is 0 Å². The van der Waals surface area contributed by atoms with Gasteiger partial charge in [0, 0.05) is 12.6 Å². The summed E-state index contributed by atoms with van der Waals surface area (Å²) >= 11 is 0. The number of piperidine rings is 1. The Morgan fingerprint density at radius 3 is 2.74 bits per heavy atom. The lowest BCUT2D eigenvalue weighted by Crippen LogP contribution is -2.50. The van der Waals surface area contributed by atoms with E-state index in [-0.39, 0.29) is 12.0 Å². The normalized spacial score (nSPS) is 33.6. The minimum Gasteiger partial charge on any atom is -0.376 e. The minimum absolute atomic E-state index is 0.153. The fraction of sp³-hybridized carbons (Fsp3) is 0.929. The number of carbonyl (C=O) groups is 1. The number of rotatable bonds is 2. The van der Waals surface area contributed by atoms with Gasteiger partial charge in [0.05, 0.1) is 19.8 Å². The maximum absolute atomic E-state index is 12.6. The van der Waals surface area contributed by atoms with Crippen LogP contribution in [0.3, 0.4) is 0 Å². The van der Waals surface area contributed by atoms with Gasteiger partial charge in [-0.25, -0.2) is 0 Å². The van der Waals surface area contributed by atoms with Gasteiger partial charge in [0.15, 0.2) is 6.10 Å². The number of amides is 1. The summed E-state index contributed by atoms with van der Waals surface area (Å²) in [6.45, 7) is 4.66. The van der Waals surface area contributed by atoms with Crippen LogP contribution in [0.25, 0.3) is 0 Å². The first-order chi connectivity index (χ1) is 9.36. The Balaban J connectivity index is 1.62. The maximum Gasteiger partial charge on any atom is 0.254 e. The van der Waals surface area contributed by atoms with Crippen LogP contribution in [-0.4, -0.2) is 62.4 Å². The third-order valence-electron chi connectivity index (χ3n) is 4.60. The van der Waals surface area contributed by atoms with E-state index in [2.05, 4.69) is 10.2 Å². The highest BCUT2D eigenvalue weighted by atomic mass is 16.6. The van der Waals surface area contributed by atoms with E-state index >= 15 is 0 Å². The molecule has 2 unspecified atom stereocenters. The molecule has 0 spiro atoms. The molecule has 3 heterocycles. The minimum atomic E-state index is -0.365. The summed E-state index contributed by atoms with van der Waals surface area (Å²) in [6, 6.07) is 0.431. The van der Waals surface area contributed by atoms with Crippen LogP contribution < -0.4 is 5.32 Å². The van der Waals surface area contributed by atoms with E-state index in [1.54, 1.807) is 0 Å². The van der Waals surface area contributed by atoms with Gasteiger partial charge in [-0.2, -0.15) is 0 Å². The number of carbonyl (C=O) groups excluding carboxylic acids is 1. The second-order valence-corrected chi connectivity index (χ2v) is 5.76. The summed E-state index contributed by atoms with van der Waals surface area (Å²) in [7, 11) is 0. The number of hydrogen-bond acceptors (Lipinski definition) is 4. The fourth-order valence-corrected chi connectivity index (χ4v) is 3.60. The van der Waals surface area contributed by atoms with Crippen molar-refractivity contribution in [2.24, 2.45) is 5.92 Å². The molecule has 5 heteroatoms. The SMILES string of the molecule is O=C(C1COCCO1)N1CCCC1C1CCNCC1. The van der Waals surface area contributed by atoms with E-state index in [4.69, 9.17) is 9.47 Å². The molecule has 19 heavy (non-hydrogen) atoms. The highest BCUT2D eigenvalue weighted by molar-refractivity contribution is 5.81. The number of nitrogens with zero attached hydrogens (tertiary/aromatic N) is 1. The van der Waals surface area contributed by atoms with Crippen molar-refractivity contribution in [1.29, 1.82) is 0 Å². The van der Waals surface area contributed by atoms with E-state index in [0.717, 1.165) is 32.5 Å². The van der Waals surface area contributed by atoms with E-state index in [1.165, 1.54) is 12.8 Å². The molecule has 108 valence electrons. The number of nitrogens with one attached hydrogen (secondary N) is 1. The molecule has 3 fully saturated rings. The molecule has 1 N–H and O–H groups in total. The molecule has 3 aliphatic rings. The Morgan fingerprint density at radius 2 is 2.00 bits per heavy atom. The molecular formula is C14H24N2O3. The van der Waals surface area contributed by atoms with Crippen molar-refractivity contribution in [1.82, 2.24) is 10.2 Å². The molecule has 0 aliphatic carbocycles. The molecule has 2 atom stereocenters. The predicted molar refractivity (Wildman–Crippen MR) is 70.9 cm³/mol. The molecule has 0 aromatic heterocycles. The molecule has 0 aromatic carbocycles. The third kappa shape index (κ3) is 2.93. The Hall–Kier alpha value is -0.650. The zero-order valence-electron chi connectivity index (χ0n) is 11.5. The Morgan fingerprint density at radius 1 is 1.16 bits per heavy atom. The van der Waals surface area contributed by atoms with Gasteiger partial charge in [-0.3, -0.25) is 4.79 Å². The van der Waals surface area contributed by atoms with Crippen molar-refractivity contribution in [3.05, 3.63) is 0 Å². The summed E-state index contributed by atoms with van der Waals surface area (Å²) in [5.74, 6) is 0.818. The van der Waals surface area contributed by atoms with Gasteiger partial charge in [0.25, 0.3) is 5.91 Å². The average Bonchev–Trinajstić information content (AvgIpc) is 2.98. The fourth-order valence-electron chi connectivity index (χ4n) is 3.60. The Labute approximate surface area is 114 Å². The van der Waals surface area contributed by atoms with Crippen molar-refractivity contribution in [2.45, 2.75) is 37.8 Å². The molecule has 0 radical (unpaired) electrons. The van der Waals surface area contributed by atoms with Crippen LogP contribution in [0, 0.1) is 5.92 Å². The van der Waals surface area contributed by atoms with E-state index in [9.17, 15) is 4.79 Å². The molecule has 3 saturated heterocycles. The van der Waals surface area contributed by atoms with Crippen molar-refractivity contribution in [2.75, 3.05) is 39.5 Å². The number of ether oxygens (including phenoxy) is 2.